The molecule has 0 amide bonds. The quantitative estimate of drug-likeness (QED) is 0.927. The second-order valence-electron chi connectivity index (χ2n) is 4.95. The van der Waals surface area contributed by atoms with Crippen LogP contribution in [0.1, 0.15) is 21.1 Å². The van der Waals surface area contributed by atoms with Crippen molar-refractivity contribution in [2.24, 2.45) is 0 Å². The zero-order chi connectivity index (χ0) is 13.1. The first kappa shape index (κ1) is 12.8. The molecule has 0 spiro atoms. The zero-order valence-corrected chi connectivity index (χ0v) is 12.0. The van der Waals surface area contributed by atoms with Crippen molar-refractivity contribution in [3.63, 3.8) is 0 Å². The van der Waals surface area contributed by atoms with E-state index in [0.717, 1.165) is 32.6 Å². The van der Waals surface area contributed by atoms with Gasteiger partial charge in [-0.1, -0.05) is 30.3 Å². The van der Waals surface area contributed by atoms with Crippen LogP contribution in [-0.4, -0.2) is 23.5 Å². The summed E-state index contributed by atoms with van der Waals surface area (Å²) >= 11 is 1.86. The molecule has 4 heteroatoms. The minimum atomic E-state index is 0.885. The number of aromatic nitrogens is 1. The molecular weight excluding hydrogens is 254 g/mol. The maximum absolute atomic E-state index is 4.71. The minimum Gasteiger partial charge on any atom is -0.314 e. The van der Waals surface area contributed by atoms with Gasteiger partial charge < -0.3 is 5.32 Å². The van der Waals surface area contributed by atoms with Gasteiger partial charge in [-0.05, 0) is 12.6 Å². The Labute approximate surface area is 118 Å². The normalized spacial score (nSPS) is 15.4. The molecule has 3 nitrogen and oxygen atoms in total. The van der Waals surface area contributed by atoms with Gasteiger partial charge >= 0.3 is 0 Å². The highest BCUT2D eigenvalue weighted by molar-refractivity contribution is 7.11. The van der Waals surface area contributed by atoms with Crippen LogP contribution in [0.15, 0.2) is 30.3 Å². The summed E-state index contributed by atoms with van der Waals surface area (Å²) in [5, 5.41) is 4.40. The smallest absolute Gasteiger partial charge is 0.107 e. The molecule has 0 saturated carbocycles. The van der Waals surface area contributed by atoms with E-state index in [-0.39, 0.29) is 0 Å². The van der Waals surface area contributed by atoms with Gasteiger partial charge in [-0.15, -0.1) is 11.3 Å². The Morgan fingerprint density at radius 1 is 1.32 bits per heavy atom. The molecule has 1 aromatic carbocycles. The summed E-state index contributed by atoms with van der Waals surface area (Å²) in [6.07, 6.45) is 1.09. The summed E-state index contributed by atoms with van der Waals surface area (Å²) < 4.78 is 0. The number of nitrogens with zero attached hydrogens (tertiary/aromatic N) is 2. The molecule has 1 aliphatic rings. The van der Waals surface area contributed by atoms with Crippen LogP contribution < -0.4 is 5.32 Å². The molecule has 2 heterocycles. The number of nitrogens with one attached hydrogen (secondary N) is 1. The van der Waals surface area contributed by atoms with Gasteiger partial charge in [-0.25, -0.2) is 4.98 Å². The van der Waals surface area contributed by atoms with Crippen molar-refractivity contribution in [3.05, 3.63) is 51.5 Å². The molecule has 2 aromatic rings. The summed E-state index contributed by atoms with van der Waals surface area (Å²) in [6, 6.07) is 10.7. The van der Waals surface area contributed by atoms with Crippen molar-refractivity contribution in [1.29, 1.82) is 0 Å². The van der Waals surface area contributed by atoms with Gasteiger partial charge in [0.05, 0.1) is 5.69 Å². The van der Waals surface area contributed by atoms with Crippen LogP contribution in [0.5, 0.6) is 0 Å². The molecule has 100 valence electrons. The van der Waals surface area contributed by atoms with Gasteiger partial charge in [0.15, 0.2) is 0 Å². The van der Waals surface area contributed by atoms with Crippen molar-refractivity contribution >= 4 is 11.3 Å². The van der Waals surface area contributed by atoms with Crippen molar-refractivity contribution in [1.82, 2.24) is 15.2 Å². The molecule has 1 N–H and O–H groups in total. The van der Waals surface area contributed by atoms with Gasteiger partial charge in [0.1, 0.15) is 5.01 Å². The highest BCUT2D eigenvalue weighted by Gasteiger charge is 2.20. The van der Waals surface area contributed by atoms with Gasteiger partial charge in [0.2, 0.25) is 0 Å². The van der Waals surface area contributed by atoms with Gasteiger partial charge in [-0.3, -0.25) is 4.90 Å². The number of fused-ring (bicyclic) bond motifs is 1. The molecule has 1 aliphatic heterocycles. The molecule has 0 unspecified atom stereocenters. The summed E-state index contributed by atoms with van der Waals surface area (Å²) in [5.41, 5.74) is 2.71. The number of benzene rings is 1. The largest absolute Gasteiger partial charge is 0.314 e. The van der Waals surface area contributed by atoms with Crippen LogP contribution >= 0.6 is 11.3 Å². The van der Waals surface area contributed by atoms with E-state index in [1.165, 1.54) is 21.1 Å². The average Bonchev–Trinajstić information content (AvgIpc) is 2.82. The van der Waals surface area contributed by atoms with E-state index in [0.29, 0.717) is 0 Å². The monoisotopic (exact) mass is 273 g/mol. The molecule has 0 atom stereocenters. The van der Waals surface area contributed by atoms with E-state index in [2.05, 4.69) is 40.5 Å². The standard InChI is InChI=1S/C15H19N3S/c1-16-9-15-17-13-7-8-18(11-14(13)19-15)10-12-5-3-2-4-6-12/h2-6,16H,7-11H2,1H3. The summed E-state index contributed by atoms with van der Waals surface area (Å²) in [7, 11) is 1.97. The van der Waals surface area contributed by atoms with Crippen molar-refractivity contribution in [2.75, 3.05) is 13.6 Å². The third kappa shape index (κ3) is 3.03. The van der Waals surface area contributed by atoms with Crippen LogP contribution in [0.25, 0.3) is 0 Å². The molecule has 0 radical (unpaired) electrons. The van der Waals surface area contributed by atoms with E-state index in [9.17, 15) is 0 Å². The van der Waals surface area contributed by atoms with Crippen LogP contribution in [0.3, 0.4) is 0 Å². The fraction of sp³-hybridized carbons (Fsp3) is 0.400. The number of hydrogen-bond acceptors (Lipinski definition) is 4. The number of thiazole rings is 1. The Hall–Kier alpha value is -1.23. The topological polar surface area (TPSA) is 28.2 Å². The van der Waals surface area contributed by atoms with E-state index in [4.69, 9.17) is 4.98 Å². The lowest BCUT2D eigenvalue weighted by molar-refractivity contribution is 0.247. The van der Waals surface area contributed by atoms with Crippen LogP contribution in [0.2, 0.25) is 0 Å². The third-order valence-corrected chi connectivity index (χ3v) is 4.51. The van der Waals surface area contributed by atoms with Crippen LogP contribution in [-0.2, 0) is 26.1 Å². The summed E-state index contributed by atoms with van der Waals surface area (Å²) in [5.74, 6) is 0. The predicted octanol–water partition coefficient (Wildman–Crippen LogP) is 2.42. The molecule has 0 bridgehead atoms. The van der Waals surface area contributed by atoms with Gasteiger partial charge in [0, 0.05) is 37.5 Å². The lowest BCUT2D eigenvalue weighted by Gasteiger charge is -2.25. The average molecular weight is 273 g/mol. The fourth-order valence-corrected chi connectivity index (χ4v) is 3.67. The minimum absolute atomic E-state index is 0.885. The van der Waals surface area contributed by atoms with Crippen molar-refractivity contribution in [3.8, 4) is 0 Å². The van der Waals surface area contributed by atoms with E-state index in [1.807, 2.05) is 18.4 Å². The highest BCUT2D eigenvalue weighted by Crippen LogP contribution is 2.26. The van der Waals surface area contributed by atoms with Crippen molar-refractivity contribution < 1.29 is 0 Å². The fourth-order valence-electron chi connectivity index (χ4n) is 2.51. The zero-order valence-electron chi connectivity index (χ0n) is 11.2. The van der Waals surface area contributed by atoms with Crippen LogP contribution in [0.4, 0.5) is 0 Å². The van der Waals surface area contributed by atoms with E-state index in [1.54, 1.807) is 0 Å². The van der Waals surface area contributed by atoms with E-state index < -0.39 is 0 Å². The maximum Gasteiger partial charge on any atom is 0.107 e. The lowest BCUT2D eigenvalue weighted by Crippen LogP contribution is -2.29. The number of rotatable bonds is 4. The molecule has 19 heavy (non-hydrogen) atoms. The Bertz CT molecular complexity index is 536. The lowest BCUT2D eigenvalue weighted by atomic mass is 10.1. The molecule has 0 fully saturated rings. The summed E-state index contributed by atoms with van der Waals surface area (Å²) in [4.78, 5) is 8.68. The molecule has 0 saturated heterocycles. The first-order valence-electron chi connectivity index (χ1n) is 6.73. The molecular formula is C15H19N3S. The maximum atomic E-state index is 4.71. The molecule has 1 aromatic heterocycles. The van der Waals surface area contributed by atoms with Crippen LogP contribution in [0, 0.1) is 0 Å². The number of hydrogen-bond donors (Lipinski definition) is 1. The SMILES string of the molecule is CNCc1nc2c(s1)CN(Cc1ccccc1)CC2. The predicted molar refractivity (Wildman–Crippen MR) is 79.1 cm³/mol. The van der Waals surface area contributed by atoms with Gasteiger partial charge in [0.25, 0.3) is 0 Å². The first-order chi connectivity index (χ1) is 9.35. The highest BCUT2D eigenvalue weighted by atomic mass is 32.1. The molecule has 3 rings (SSSR count). The van der Waals surface area contributed by atoms with E-state index >= 15 is 0 Å². The second kappa shape index (κ2) is 5.82. The molecule has 0 aliphatic carbocycles. The summed E-state index contributed by atoms with van der Waals surface area (Å²) in [6.45, 7) is 4.09. The Kier molecular flexibility index (Phi) is 3.92. The van der Waals surface area contributed by atoms with Gasteiger partial charge in [-0.2, -0.15) is 0 Å². The first-order valence-corrected chi connectivity index (χ1v) is 7.55. The Morgan fingerprint density at radius 2 is 2.16 bits per heavy atom. The Morgan fingerprint density at radius 3 is 2.95 bits per heavy atom. The third-order valence-electron chi connectivity index (χ3n) is 3.43. The van der Waals surface area contributed by atoms with Crippen molar-refractivity contribution in [2.45, 2.75) is 26.1 Å². The Balaban J connectivity index is 1.68. The second-order valence-corrected chi connectivity index (χ2v) is 6.12.